The second kappa shape index (κ2) is 9.20. The molecule has 1 N–H and O–H groups in total. The number of fused-ring (bicyclic) bond motifs is 1. The maximum absolute atomic E-state index is 12.5. The van der Waals surface area contributed by atoms with Crippen LogP contribution in [0.3, 0.4) is 0 Å². The van der Waals surface area contributed by atoms with Crippen molar-refractivity contribution in [2.75, 3.05) is 26.2 Å². The molecule has 1 aromatic carbocycles. The van der Waals surface area contributed by atoms with Gasteiger partial charge in [0.25, 0.3) is 0 Å². The van der Waals surface area contributed by atoms with Crippen LogP contribution < -0.4 is 14.8 Å². The number of ether oxygens (including phenoxy) is 2. The van der Waals surface area contributed by atoms with E-state index in [-0.39, 0.29) is 19.7 Å². The average molecular weight is 427 g/mol. The topological polar surface area (TPSA) is 105 Å². The van der Waals surface area contributed by atoms with Crippen molar-refractivity contribution in [1.29, 1.82) is 0 Å². The van der Waals surface area contributed by atoms with Gasteiger partial charge in [0.15, 0.2) is 11.5 Å². The molecule has 0 saturated carbocycles. The minimum absolute atomic E-state index is 0.148. The minimum Gasteiger partial charge on any atom is -0.486 e. The van der Waals surface area contributed by atoms with Gasteiger partial charge in [0, 0.05) is 6.54 Å². The molecule has 1 atom stereocenters. The molecule has 2 heterocycles. The van der Waals surface area contributed by atoms with Gasteiger partial charge in [0.2, 0.25) is 5.91 Å². The van der Waals surface area contributed by atoms with Crippen molar-refractivity contribution in [3.63, 3.8) is 0 Å². The molecule has 164 valence electrons. The zero-order chi connectivity index (χ0) is 21.8. The van der Waals surface area contributed by atoms with Crippen LogP contribution >= 0.6 is 0 Å². The molecule has 1 aliphatic carbocycles. The number of imide groups is 2. The SMILES string of the molecule is O=C(CN1C(=O)C(=O)N(CCC2=CCCCC2)C1=O)NC[C@@H]1COc2ccccc2O1. The summed E-state index contributed by atoms with van der Waals surface area (Å²) >= 11 is 0. The number of nitrogens with one attached hydrogen (secondary N) is 1. The first kappa shape index (κ1) is 20.9. The summed E-state index contributed by atoms with van der Waals surface area (Å²) in [5, 5.41) is 2.64. The van der Waals surface area contributed by atoms with E-state index in [1.165, 1.54) is 5.57 Å². The van der Waals surface area contributed by atoms with Gasteiger partial charge in [-0.3, -0.25) is 19.3 Å². The molecule has 1 fully saturated rings. The maximum atomic E-state index is 12.5. The fourth-order valence-electron chi connectivity index (χ4n) is 3.86. The van der Waals surface area contributed by atoms with Gasteiger partial charge in [-0.2, -0.15) is 0 Å². The third kappa shape index (κ3) is 4.70. The van der Waals surface area contributed by atoms with Crippen LogP contribution in [-0.4, -0.2) is 65.9 Å². The van der Waals surface area contributed by atoms with Gasteiger partial charge in [-0.05, 0) is 44.2 Å². The van der Waals surface area contributed by atoms with Crippen LogP contribution in [0.25, 0.3) is 0 Å². The molecule has 4 rings (SSSR count). The predicted molar refractivity (Wildman–Crippen MR) is 109 cm³/mol. The van der Waals surface area contributed by atoms with Gasteiger partial charge in [0.1, 0.15) is 19.3 Å². The van der Waals surface area contributed by atoms with E-state index in [4.69, 9.17) is 9.47 Å². The number of benzene rings is 1. The molecule has 31 heavy (non-hydrogen) atoms. The van der Waals surface area contributed by atoms with Crippen LogP contribution in [0.2, 0.25) is 0 Å². The molecule has 0 radical (unpaired) electrons. The van der Waals surface area contributed by atoms with Crippen LogP contribution in [0.1, 0.15) is 32.1 Å². The Labute approximate surface area is 180 Å². The molecule has 2 aliphatic heterocycles. The number of hydrogen-bond donors (Lipinski definition) is 1. The number of hydrogen-bond acceptors (Lipinski definition) is 6. The number of rotatable bonds is 7. The van der Waals surface area contributed by atoms with Gasteiger partial charge in [-0.15, -0.1) is 0 Å². The second-order valence-electron chi connectivity index (χ2n) is 7.79. The van der Waals surface area contributed by atoms with E-state index in [1.807, 2.05) is 12.1 Å². The molecule has 9 heteroatoms. The van der Waals surface area contributed by atoms with Crippen molar-refractivity contribution < 1.29 is 28.7 Å². The summed E-state index contributed by atoms with van der Waals surface area (Å²) in [6.45, 7) is 0.0585. The van der Waals surface area contributed by atoms with E-state index < -0.39 is 36.4 Å². The molecule has 3 aliphatic rings. The van der Waals surface area contributed by atoms with E-state index >= 15 is 0 Å². The van der Waals surface area contributed by atoms with Crippen molar-refractivity contribution in [3.05, 3.63) is 35.9 Å². The van der Waals surface area contributed by atoms with Crippen LogP contribution in [0, 0.1) is 0 Å². The van der Waals surface area contributed by atoms with Crippen LogP contribution in [0.15, 0.2) is 35.9 Å². The normalized spacial score (nSPS) is 20.7. The Morgan fingerprint density at radius 2 is 1.84 bits per heavy atom. The summed E-state index contributed by atoms with van der Waals surface area (Å²) in [5.41, 5.74) is 1.20. The molecule has 0 bridgehead atoms. The minimum atomic E-state index is -0.969. The lowest BCUT2D eigenvalue weighted by Crippen LogP contribution is -2.46. The van der Waals surface area contributed by atoms with E-state index in [0.717, 1.165) is 30.6 Å². The zero-order valence-electron chi connectivity index (χ0n) is 17.2. The van der Waals surface area contributed by atoms with Gasteiger partial charge >= 0.3 is 17.8 Å². The monoisotopic (exact) mass is 427 g/mol. The van der Waals surface area contributed by atoms with Gasteiger partial charge in [-0.25, -0.2) is 9.69 Å². The molecular weight excluding hydrogens is 402 g/mol. The molecule has 1 saturated heterocycles. The number of urea groups is 1. The van der Waals surface area contributed by atoms with E-state index in [2.05, 4.69) is 11.4 Å². The standard InChI is InChI=1S/C22H25N3O6/c26-19(23-12-16-14-30-17-8-4-5-9-18(17)31-16)13-25-21(28)20(27)24(22(25)29)11-10-15-6-2-1-3-7-15/h4-6,8-9,16H,1-3,7,10-14H2,(H,23,26)/t16-/m1/s1. The highest BCUT2D eigenvalue weighted by atomic mass is 16.6. The number of carbonyl (C=O) groups is 4. The smallest absolute Gasteiger partial charge is 0.334 e. The summed E-state index contributed by atoms with van der Waals surface area (Å²) in [4.78, 5) is 50.9. The van der Waals surface area contributed by atoms with E-state index in [1.54, 1.807) is 12.1 Å². The fraction of sp³-hybridized carbons (Fsp3) is 0.455. The molecular formula is C22H25N3O6. The van der Waals surface area contributed by atoms with Crippen molar-refractivity contribution >= 4 is 23.8 Å². The average Bonchev–Trinajstić information content (AvgIpc) is 2.99. The summed E-state index contributed by atoms with van der Waals surface area (Å²) in [6.07, 6.45) is 6.50. The first-order valence-corrected chi connectivity index (χ1v) is 10.5. The number of carbonyl (C=O) groups excluding carboxylic acids is 4. The van der Waals surface area contributed by atoms with Crippen LogP contribution in [0.5, 0.6) is 11.5 Å². The fourth-order valence-corrected chi connectivity index (χ4v) is 3.86. The highest BCUT2D eigenvalue weighted by Crippen LogP contribution is 2.30. The molecule has 5 amide bonds. The van der Waals surface area contributed by atoms with Gasteiger partial charge in [-0.1, -0.05) is 23.8 Å². The van der Waals surface area contributed by atoms with Crippen LogP contribution in [0.4, 0.5) is 4.79 Å². The Balaban J connectivity index is 1.27. The van der Waals surface area contributed by atoms with Gasteiger partial charge in [0.05, 0.1) is 6.54 Å². The lowest BCUT2D eigenvalue weighted by atomic mass is 9.97. The third-order valence-corrected chi connectivity index (χ3v) is 5.57. The molecule has 0 unspecified atom stereocenters. The Morgan fingerprint density at radius 3 is 2.61 bits per heavy atom. The molecule has 0 spiro atoms. The quantitative estimate of drug-likeness (QED) is 0.403. The Kier molecular flexibility index (Phi) is 6.20. The lowest BCUT2D eigenvalue weighted by molar-refractivity contribution is -0.144. The van der Waals surface area contributed by atoms with Crippen molar-refractivity contribution in [1.82, 2.24) is 15.1 Å². The second-order valence-corrected chi connectivity index (χ2v) is 7.79. The van der Waals surface area contributed by atoms with Crippen molar-refractivity contribution in [2.24, 2.45) is 0 Å². The number of allylic oxidation sites excluding steroid dienone is 1. The van der Waals surface area contributed by atoms with E-state index in [0.29, 0.717) is 22.8 Å². The molecule has 9 nitrogen and oxygen atoms in total. The number of amides is 5. The Morgan fingerprint density at radius 1 is 1.06 bits per heavy atom. The molecule has 0 aromatic heterocycles. The van der Waals surface area contributed by atoms with Crippen molar-refractivity contribution in [3.8, 4) is 11.5 Å². The number of nitrogens with zero attached hydrogens (tertiary/aromatic N) is 2. The summed E-state index contributed by atoms with van der Waals surface area (Å²) < 4.78 is 11.4. The van der Waals surface area contributed by atoms with E-state index in [9.17, 15) is 19.2 Å². The summed E-state index contributed by atoms with van der Waals surface area (Å²) in [6, 6.07) is 6.48. The zero-order valence-corrected chi connectivity index (χ0v) is 17.2. The Bertz CT molecular complexity index is 928. The Hall–Kier alpha value is -3.36. The highest BCUT2D eigenvalue weighted by Gasteiger charge is 2.45. The summed E-state index contributed by atoms with van der Waals surface area (Å²) in [5.74, 6) is -1.17. The van der Waals surface area contributed by atoms with Crippen molar-refractivity contribution in [2.45, 2.75) is 38.2 Å². The molecule has 1 aromatic rings. The first-order chi connectivity index (χ1) is 15.0. The number of para-hydroxylation sites is 2. The van der Waals surface area contributed by atoms with Gasteiger partial charge < -0.3 is 14.8 Å². The van der Waals surface area contributed by atoms with Crippen LogP contribution in [-0.2, 0) is 14.4 Å². The largest absolute Gasteiger partial charge is 0.486 e. The summed E-state index contributed by atoms with van der Waals surface area (Å²) in [7, 11) is 0. The first-order valence-electron chi connectivity index (χ1n) is 10.5. The maximum Gasteiger partial charge on any atom is 0.334 e. The third-order valence-electron chi connectivity index (χ3n) is 5.57. The highest BCUT2D eigenvalue weighted by molar-refractivity contribution is 6.45. The lowest BCUT2D eigenvalue weighted by Gasteiger charge is -2.26. The predicted octanol–water partition coefficient (Wildman–Crippen LogP) is 1.62.